The number of halogens is 1. The van der Waals surface area contributed by atoms with Crippen molar-refractivity contribution in [2.24, 2.45) is 5.92 Å². The first-order chi connectivity index (χ1) is 8.34. The molecule has 0 spiro atoms. The van der Waals surface area contributed by atoms with Gasteiger partial charge in [-0.1, -0.05) is 23.7 Å². The van der Waals surface area contributed by atoms with Crippen molar-refractivity contribution in [3.8, 4) is 0 Å². The van der Waals surface area contributed by atoms with Crippen molar-refractivity contribution in [1.82, 2.24) is 10.3 Å². The average Bonchev–Trinajstić information content (AvgIpc) is 2.39. The number of piperidine rings is 1. The van der Waals surface area contributed by atoms with Crippen LogP contribution in [0.5, 0.6) is 0 Å². The first-order valence-corrected chi connectivity index (χ1v) is 6.78. The fourth-order valence-electron chi connectivity index (χ4n) is 3.05. The van der Waals surface area contributed by atoms with Crippen molar-refractivity contribution < 1.29 is 0 Å². The molecule has 1 aromatic heterocycles. The van der Waals surface area contributed by atoms with Gasteiger partial charge in [0.15, 0.2) is 0 Å². The van der Waals surface area contributed by atoms with Crippen LogP contribution in [-0.4, -0.2) is 17.6 Å². The number of hydrogen-bond acceptors (Lipinski definition) is 2. The fourth-order valence-corrected chi connectivity index (χ4v) is 3.17. The smallest absolute Gasteiger partial charge is 0.129 e. The van der Waals surface area contributed by atoms with E-state index in [1.54, 1.807) is 0 Å². The molecule has 0 amide bonds. The van der Waals surface area contributed by atoms with E-state index >= 15 is 0 Å². The van der Waals surface area contributed by atoms with Crippen LogP contribution >= 0.6 is 11.6 Å². The highest BCUT2D eigenvalue weighted by atomic mass is 35.5. The summed E-state index contributed by atoms with van der Waals surface area (Å²) in [6.45, 7) is 1.14. The van der Waals surface area contributed by atoms with Crippen molar-refractivity contribution in [3.63, 3.8) is 0 Å². The number of fused-ring (bicyclic) bond motifs is 1. The fraction of sp³-hybridized carbons (Fsp3) is 0.500. The lowest BCUT2D eigenvalue weighted by Gasteiger charge is -2.37. The van der Waals surface area contributed by atoms with E-state index in [0.29, 0.717) is 11.2 Å². The Morgan fingerprint density at radius 3 is 3.06 bits per heavy atom. The molecule has 2 atom stereocenters. The standard InChI is InChI=1S/C14H17ClN2/c15-13-7-6-11(9-17-13)12-5-1-3-10-4-2-8-16-14(10)12/h5-7,9-10,14,16H,1-4,8H2. The summed E-state index contributed by atoms with van der Waals surface area (Å²) in [5.41, 5.74) is 2.64. The van der Waals surface area contributed by atoms with Gasteiger partial charge in [-0.25, -0.2) is 4.98 Å². The topological polar surface area (TPSA) is 24.9 Å². The SMILES string of the molecule is Clc1ccc(C2=CCCC3CCCNC23)cn1. The summed E-state index contributed by atoms with van der Waals surface area (Å²) in [7, 11) is 0. The van der Waals surface area contributed by atoms with Gasteiger partial charge in [0.1, 0.15) is 5.15 Å². The van der Waals surface area contributed by atoms with Gasteiger partial charge in [0.25, 0.3) is 0 Å². The molecule has 90 valence electrons. The molecule has 0 aromatic carbocycles. The first kappa shape index (κ1) is 11.2. The third-order valence-electron chi connectivity index (χ3n) is 3.88. The lowest BCUT2D eigenvalue weighted by molar-refractivity contribution is 0.304. The monoisotopic (exact) mass is 248 g/mol. The van der Waals surface area contributed by atoms with Crippen LogP contribution in [0.4, 0.5) is 0 Å². The minimum atomic E-state index is 0.528. The van der Waals surface area contributed by atoms with Gasteiger partial charge in [-0.2, -0.15) is 0 Å². The van der Waals surface area contributed by atoms with Crippen molar-refractivity contribution >= 4 is 17.2 Å². The number of nitrogens with zero attached hydrogens (tertiary/aromatic N) is 1. The van der Waals surface area contributed by atoms with Crippen LogP contribution in [0.15, 0.2) is 24.4 Å². The van der Waals surface area contributed by atoms with E-state index in [9.17, 15) is 0 Å². The number of allylic oxidation sites excluding steroid dienone is 1. The quantitative estimate of drug-likeness (QED) is 0.772. The molecule has 0 radical (unpaired) electrons. The summed E-state index contributed by atoms with van der Waals surface area (Å²) in [5, 5.41) is 4.22. The summed E-state index contributed by atoms with van der Waals surface area (Å²) >= 11 is 5.84. The molecule has 2 aliphatic rings. The highest BCUT2D eigenvalue weighted by molar-refractivity contribution is 6.29. The molecule has 1 fully saturated rings. The Kier molecular flexibility index (Phi) is 3.17. The number of aromatic nitrogens is 1. The minimum Gasteiger partial charge on any atom is -0.310 e. The summed E-state index contributed by atoms with van der Waals surface area (Å²) in [6, 6.07) is 4.49. The van der Waals surface area contributed by atoms with E-state index in [4.69, 9.17) is 11.6 Å². The molecule has 1 saturated heterocycles. The molecular formula is C14H17ClN2. The van der Waals surface area contributed by atoms with Crippen molar-refractivity contribution in [3.05, 3.63) is 35.1 Å². The number of rotatable bonds is 1. The van der Waals surface area contributed by atoms with Gasteiger partial charge >= 0.3 is 0 Å². The Labute approximate surface area is 107 Å². The highest BCUT2D eigenvalue weighted by Gasteiger charge is 2.30. The molecular weight excluding hydrogens is 232 g/mol. The summed E-state index contributed by atoms with van der Waals surface area (Å²) in [4.78, 5) is 4.19. The van der Waals surface area contributed by atoms with Crippen LogP contribution in [-0.2, 0) is 0 Å². The number of nitrogens with one attached hydrogen (secondary N) is 1. The predicted octanol–water partition coefficient (Wildman–Crippen LogP) is 3.28. The van der Waals surface area contributed by atoms with Crippen LogP contribution in [0.25, 0.3) is 5.57 Å². The first-order valence-electron chi connectivity index (χ1n) is 6.40. The maximum absolute atomic E-state index is 5.84. The van der Waals surface area contributed by atoms with E-state index in [1.165, 1.54) is 36.8 Å². The van der Waals surface area contributed by atoms with Crippen LogP contribution in [0.2, 0.25) is 5.15 Å². The van der Waals surface area contributed by atoms with Gasteiger partial charge in [-0.05, 0) is 55.3 Å². The third kappa shape index (κ3) is 2.24. The van der Waals surface area contributed by atoms with Crippen LogP contribution in [0.1, 0.15) is 31.2 Å². The van der Waals surface area contributed by atoms with Gasteiger partial charge in [0.2, 0.25) is 0 Å². The molecule has 2 heterocycles. The molecule has 1 aliphatic carbocycles. The summed E-state index contributed by atoms with van der Waals surface area (Å²) in [5.74, 6) is 0.805. The molecule has 3 heteroatoms. The molecule has 1 N–H and O–H groups in total. The predicted molar refractivity (Wildman–Crippen MR) is 71.0 cm³/mol. The molecule has 0 bridgehead atoms. The van der Waals surface area contributed by atoms with E-state index in [1.807, 2.05) is 12.3 Å². The Morgan fingerprint density at radius 2 is 2.24 bits per heavy atom. The third-order valence-corrected chi connectivity index (χ3v) is 4.11. The molecule has 3 rings (SSSR count). The van der Waals surface area contributed by atoms with Crippen LogP contribution < -0.4 is 5.32 Å². The second-order valence-electron chi connectivity index (χ2n) is 4.94. The van der Waals surface area contributed by atoms with E-state index in [2.05, 4.69) is 22.4 Å². The van der Waals surface area contributed by atoms with E-state index in [0.717, 1.165) is 12.5 Å². The van der Waals surface area contributed by atoms with Gasteiger partial charge in [-0.15, -0.1) is 0 Å². The molecule has 2 unspecified atom stereocenters. The Hall–Kier alpha value is -0.860. The lowest BCUT2D eigenvalue weighted by Crippen LogP contribution is -2.43. The van der Waals surface area contributed by atoms with Gasteiger partial charge in [-0.3, -0.25) is 0 Å². The number of pyridine rings is 1. The van der Waals surface area contributed by atoms with Crippen LogP contribution in [0.3, 0.4) is 0 Å². The molecule has 1 aromatic rings. The van der Waals surface area contributed by atoms with E-state index in [-0.39, 0.29) is 0 Å². The maximum atomic E-state index is 5.84. The van der Waals surface area contributed by atoms with Crippen LogP contribution in [0, 0.1) is 5.92 Å². The summed E-state index contributed by atoms with van der Waals surface area (Å²) < 4.78 is 0. The molecule has 17 heavy (non-hydrogen) atoms. The van der Waals surface area contributed by atoms with Gasteiger partial charge in [0, 0.05) is 12.2 Å². The second-order valence-corrected chi connectivity index (χ2v) is 5.33. The Bertz CT molecular complexity index is 424. The Morgan fingerprint density at radius 1 is 1.29 bits per heavy atom. The number of hydrogen-bond donors (Lipinski definition) is 1. The van der Waals surface area contributed by atoms with E-state index < -0.39 is 0 Å². The lowest BCUT2D eigenvalue weighted by atomic mass is 9.77. The van der Waals surface area contributed by atoms with Crippen molar-refractivity contribution in [2.45, 2.75) is 31.7 Å². The Balaban J connectivity index is 1.90. The molecule has 0 saturated carbocycles. The second kappa shape index (κ2) is 4.79. The zero-order chi connectivity index (χ0) is 11.7. The van der Waals surface area contributed by atoms with Crippen molar-refractivity contribution in [1.29, 1.82) is 0 Å². The van der Waals surface area contributed by atoms with Crippen molar-refractivity contribution in [2.75, 3.05) is 6.54 Å². The average molecular weight is 249 g/mol. The minimum absolute atomic E-state index is 0.528. The normalized spacial score (nSPS) is 28.4. The largest absolute Gasteiger partial charge is 0.310 e. The van der Waals surface area contributed by atoms with Gasteiger partial charge < -0.3 is 5.32 Å². The molecule has 2 nitrogen and oxygen atoms in total. The van der Waals surface area contributed by atoms with Gasteiger partial charge in [0.05, 0.1) is 0 Å². The molecule has 1 aliphatic heterocycles. The maximum Gasteiger partial charge on any atom is 0.129 e. The zero-order valence-corrected chi connectivity index (χ0v) is 10.6. The summed E-state index contributed by atoms with van der Waals surface area (Å²) in [6.07, 6.45) is 9.45. The zero-order valence-electron chi connectivity index (χ0n) is 9.82. The highest BCUT2D eigenvalue weighted by Crippen LogP contribution is 2.35.